The first-order chi connectivity index (χ1) is 7.15. The van der Waals surface area contributed by atoms with Crippen molar-refractivity contribution in [1.82, 2.24) is 0 Å². The van der Waals surface area contributed by atoms with Gasteiger partial charge in [0.15, 0.2) is 0 Å². The van der Waals surface area contributed by atoms with Gasteiger partial charge < -0.3 is 4.74 Å². The Bertz CT molecular complexity index is 388. The van der Waals surface area contributed by atoms with E-state index in [9.17, 15) is 14.9 Å². The molecule has 6 heteroatoms. The van der Waals surface area contributed by atoms with E-state index in [2.05, 4.69) is 0 Å². The average molecular weight is 227 g/mol. The largest absolute Gasteiger partial charge is 0.462 e. The van der Waals surface area contributed by atoms with E-state index in [1.165, 1.54) is 11.8 Å². The summed E-state index contributed by atoms with van der Waals surface area (Å²) in [4.78, 5) is 21.8. The molecule has 0 radical (unpaired) electrons. The van der Waals surface area contributed by atoms with E-state index in [-0.39, 0.29) is 28.4 Å². The van der Waals surface area contributed by atoms with Crippen LogP contribution in [0.1, 0.15) is 6.92 Å². The Labute approximate surface area is 90.3 Å². The molecule has 2 unspecified atom stereocenters. The SMILES string of the molecule is CCOC(=O)C1=C([N+](=O)[O-])C2C=CC1S2. The summed E-state index contributed by atoms with van der Waals surface area (Å²) in [7, 11) is 0. The maximum absolute atomic E-state index is 11.5. The number of carbonyl (C=O) groups excluding carboxylic acids is 1. The fraction of sp³-hybridized carbons (Fsp3) is 0.444. The number of fused-ring (bicyclic) bond motifs is 2. The average Bonchev–Trinajstić information content (AvgIpc) is 2.76. The first-order valence-electron chi connectivity index (χ1n) is 4.54. The third-order valence-corrected chi connectivity index (χ3v) is 3.64. The molecule has 0 fully saturated rings. The van der Waals surface area contributed by atoms with Gasteiger partial charge in [0.2, 0.25) is 0 Å². The molecule has 0 N–H and O–H groups in total. The second-order valence-corrected chi connectivity index (χ2v) is 4.43. The normalized spacial score (nSPS) is 27.3. The molecule has 0 aromatic heterocycles. The molecule has 2 heterocycles. The number of rotatable bonds is 3. The highest BCUT2D eigenvalue weighted by atomic mass is 32.2. The van der Waals surface area contributed by atoms with Crippen molar-refractivity contribution < 1.29 is 14.5 Å². The molecular weight excluding hydrogens is 218 g/mol. The molecule has 80 valence electrons. The van der Waals surface area contributed by atoms with Gasteiger partial charge in [-0.15, -0.1) is 11.8 Å². The van der Waals surface area contributed by atoms with Crippen molar-refractivity contribution in [1.29, 1.82) is 0 Å². The summed E-state index contributed by atoms with van der Waals surface area (Å²) in [5.41, 5.74) is 0.199. The van der Waals surface area contributed by atoms with Gasteiger partial charge >= 0.3 is 5.97 Å². The van der Waals surface area contributed by atoms with Gasteiger partial charge in [0.1, 0.15) is 10.8 Å². The van der Waals surface area contributed by atoms with Crippen LogP contribution in [0.25, 0.3) is 0 Å². The van der Waals surface area contributed by atoms with Crippen LogP contribution in [0, 0.1) is 10.1 Å². The quantitative estimate of drug-likeness (QED) is 0.313. The summed E-state index contributed by atoms with van der Waals surface area (Å²) in [5.74, 6) is -0.562. The zero-order valence-corrected chi connectivity index (χ0v) is 8.82. The van der Waals surface area contributed by atoms with Crippen LogP contribution in [-0.2, 0) is 9.53 Å². The second kappa shape index (κ2) is 3.69. The summed E-state index contributed by atoms with van der Waals surface area (Å²) in [6, 6.07) is 0. The van der Waals surface area contributed by atoms with E-state index in [4.69, 9.17) is 4.74 Å². The molecule has 0 saturated heterocycles. The van der Waals surface area contributed by atoms with Crippen molar-refractivity contribution in [3.05, 3.63) is 33.5 Å². The minimum atomic E-state index is -0.562. The summed E-state index contributed by atoms with van der Waals surface area (Å²) >= 11 is 1.40. The van der Waals surface area contributed by atoms with Gasteiger partial charge in [0, 0.05) is 0 Å². The smallest absolute Gasteiger partial charge is 0.342 e. The van der Waals surface area contributed by atoms with Crippen molar-refractivity contribution in [2.24, 2.45) is 0 Å². The number of hydrogen-bond donors (Lipinski definition) is 0. The summed E-state index contributed by atoms with van der Waals surface area (Å²) in [6.07, 6.45) is 3.57. The van der Waals surface area contributed by atoms with E-state index in [0.29, 0.717) is 0 Å². The van der Waals surface area contributed by atoms with E-state index in [1.54, 1.807) is 13.0 Å². The molecule has 0 aromatic carbocycles. The fourth-order valence-corrected chi connectivity index (χ4v) is 3.07. The Morgan fingerprint density at radius 3 is 2.87 bits per heavy atom. The highest BCUT2D eigenvalue weighted by Gasteiger charge is 2.47. The summed E-state index contributed by atoms with van der Waals surface area (Å²) in [6.45, 7) is 1.92. The number of esters is 1. The molecule has 0 spiro atoms. The van der Waals surface area contributed by atoms with Gasteiger partial charge in [0.25, 0.3) is 5.70 Å². The van der Waals surface area contributed by atoms with Crippen LogP contribution < -0.4 is 0 Å². The van der Waals surface area contributed by atoms with Crippen LogP contribution in [0.2, 0.25) is 0 Å². The minimum absolute atomic E-state index is 0.00838. The second-order valence-electron chi connectivity index (χ2n) is 3.14. The zero-order chi connectivity index (χ0) is 11.0. The van der Waals surface area contributed by atoms with Crippen LogP contribution in [0.5, 0.6) is 0 Å². The summed E-state index contributed by atoms with van der Waals surface area (Å²) < 4.78 is 4.81. The molecule has 2 aliphatic rings. The minimum Gasteiger partial charge on any atom is -0.462 e. The summed E-state index contributed by atoms with van der Waals surface area (Å²) in [5, 5.41) is 10.3. The molecule has 0 aliphatic carbocycles. The number of ether oxygens (including phenoxy) is 1. The lowest BCUT2D eigenvalue weighted by Crippen LogP contribution is -2.20. The molecule has 2 bridgehead atoms. The van der Waals surface area contributed by atoms with Crippen LogP contribution in [0.4, 0.5) is 0 Å². The molecule has 0 amide bonds. The first-order valence-corrected chi connectivity index (χ1v) is 5.48. The standard InChI is InChI=1S/C9H9NO4S/c1-2-14-9(11)7-5-3-4-6(15-5)8(7)10(12)13/h3-6H,2H2,1H3. The van der Waals surface area contributed by atoms with Crippen LogP contribution >= 0.6 is 11.8 Å². The van der Waals surface area contributed by atoms with E-state index in [0.717, 1.165) is 0 Å². The van der Waals surface area contributed by atoms with Crippen LogP contribution in [0.15, 0.2) is 23.4 Å². The number of carbonyl (C=O) groups is 1. The first kappa shape index (κ1) is 10.2. The van der Waals surface area contributed by atoms with E-state index < -0.39 is 10.9 Å². The molecule has 2 rings (SSSR count). The van der Waals surface area contributed by atoms with E-state index in [1.807, 2.05) is 6.08 Å². The van der Waals surface area contributed by atoms with Crippen molar-refractivity contribution in [3.8, 4) is 0 Å². The monoisotopic (exact) mass is 227 g/mol. The number of nitrogens with zero attached hydrogens (tertiary/aromatic N) is 1. The Hall–Kier alpha value is -1.30. The van der Waals surface area contributed by atoms with Gasteiger partial charge in [-0.3, -0.25) is 10.1 Å². The van der Waals surface area contributed by atoms with Gasteiger partial charge in [-0.2, -0.15) is 0 Å². The van der Waals surface area contributed by atoms with Gasteiger partial charge in [0.05, 0.1) is 16.8 Å². The third kappa shape index (κ3) is 1.54. The molecule has 0 aromatic rings. The van der Waals surface area contributed by atoms with Crippen molar-refractivity contribution in [3.63, 3.8) is 0 Å². The molecule has 0 saturated carbocycles. The Balaban J connectivity index is 2.34. The van der Waals surface area contributed by atoms with Gasteiger partial charge in [-0.1, -0.05) is 12.2 Å². The highest BCUT2D eigenvalue weighted by molar-refractivity contribution is 8.01. The Morgan fingerprint density at radius 1 is 1.60 bits per heavy atom. The highest BCUT2D eigenvalue weighted by Crippen LogP contribution is 2.45. The topological polar surface area (TPSA) is 69.4 Å². The fourth-order valence-electron chi connectivity index (χ4n) is 1.70. The third-order valence-electron chi connectivity index (χ3n) is 2.28. The van der Waals surface area contributed by atoms with Crippen LogP contribution in [0.3, 0.4) is 0 Å². The molecule has 5 nitrogen and oxygen atoms in total. The maximum Gasteiger partial charge on any atom is 0.342 e. The number of hydrogen-bond acceptors (Lipinski definition) is 5. The molecule has 2 aliphatic heterocycles. The molecule has 15 heavy (non-hydrogen) atoms. The van der Waals surface area contributed by atoms with E-state index >= 15 is 0 Å². The Kier molecular flexibility index (Phi) is 2.52. The lowest BCUT2D eigenvalue weighted by atomic mass is 10.0. The van der Waals surface area contributed by atoms with Gasteiger partial charge in [-0.05, 0) is 6.92 Å². The van der Waals surface area contributed by atoms with Gasteiger partial charge in [-0.25, -0.2) is 4.79 Å². The van der Waals surface area contributed by atoms with Crippen molar-refractivity contribution in [2.75, 3.05) is 6.61 Å². The van der Waals surface area contributed by atoms with Crippen LogP contribution in [-0.4, -0.2) is 28.0 Å². The van der Waals surface area contributed by atoms with Crippen molar-refractivity contribution >= 4 is 17.7 Å². The lowest BCUT2D eigenvalue weighted by Gasteiger charge is -2.07. The predicted molar refractivity (Wildman–Crippen MR) is 55.0 cm³/mol. The zero-order valence-electron chi connectivity index (χ0n) is 8.00. The lowest BCUT2D eigenvalue weighted by molar-refractivity contribution is -0.426. The Morgan fingerprint density at radius 2 is 2.27 bits per heavy atom. The number of thioether (sulfide) groups is 1. The molecule has 2 atom stereocenters. The number of nitro groups is 1. The van der Waals surface area contributed by atoms with Crippen molar-refractivity contribution in [2.45, 2.75) is 17.4 Å². The predicted octanol–water partition coefficient (Wildman–Crippen LogP) is 1.13. The molecular formula is C9H9NO4S. The maximum atomic E-state index is 11.5.